The standard InChI is InChI=1S/C17H12N4O7/c1-9-5-6-11(13(7-9)21(27)28)18-14(22)8-19-16(23)10-3-2-4-12(20(25)26)15(10)17(19)24/h2-7H,8H2,1H3,(H,18,22). The van der Waals surface area contributed by atoms with E-state index in [1.165, 1.54) is 24.3 Å². The maximum absolute atomic E-state index is 12.5. The maximum atomic E-state index is 12.5. The lowest BCUT2D eigenvalue weighted by molar-refractivity contribution is -0.385. The summed E-state index contributed by atoms with van der Waals surface area (Å²) in [6, 6.07) is 7.75. The van der Waals surface area contributed by atoms with Gasteiger partial charge in [-0.15, -0.1) is 0 Å². The van der Waals surface area contributed by atoms with Crippen LogP contribution in [0.15, 0.2) is 36.4 Å². The van der Waals surface area contributed by atoms with Crippen LogP contribution in [0.25, 0.3) is 0 Å². The number of nitrogens with one attached hydrogen (secondary N) is 1. The van der Waals surface area contributed by atoms with E-state index in [0.717, 1.165) is 6.07 Å². The van der Waals surface area contributed by atoms with Crippen molar-refractivity contribution in [3.05, 3.63) is 73.3 Å². The SMILES string of the molecule is Cc1ccc(NC(=O)CN2C(=O)c3cccc([N+](=O)[O-])c3C2=O)c([N+](=O)[O-])c1. The fourth-order valence-electron chi connectivity index (χ4n) is 2.84. The van der Waals surface area contributed by atoms with Gasteiger partial charge < -0.3 is 5.32 Å². The van der Waals surface area contributed by atoms with Gasteiger partial charge in [-0.1, -0.05) is 12.1 Å². The third kappa shape index (κ3) is 3.16. The van der Waals surface area contributed by atoms with Crippen molar-refractivity contribution >= 4 is 34.8 Å². The summed E-state index contributed by atoms with van der Waals surface area (Å²) in [5, 5.41) is 24.5. The van der Waals surface area contributed by atoms with Gasteiger partial charge in [0.2, 0.25) is 5.91 Å². The summed E-state index contributed by atoms with van der Waals surface area (Å²) in [5.74, 6) is -2.68. The number of nitro groups is 2. The molecule has 3 rings (SSSR count). The number of hydrogen-bond donors (Lipinski definition) is 1. The molecule has 11 nitrogen and oxygen atoms in total. The van der Waals surface area contributed by atoms with Crippen LogP contribution in [0.4, 0.5) is 17.1 Å². The van der Waals surface area contributed by atoms with Crippen molar-refractivity contribution in [2.24, 2.45) is 0 Å². The van der Waals surface area contributed by atoms with Crippen LogP contribution in [-0.4, -0.2) is 39.0 Å². The Morgan fingerprint density at radius 2 is 1.71 bits per heavy atom. The van der Waals surface area contributed by atoms with Crippen LogP contribution in [0.2, 0.25) is 0 Å². The number of nitro benzene ring substituents is 2. The van der Waals surface area contributed by atoms with Gasteiger partial charge in [-0.3, -0.25) is 39.5 Å². The average Bonchev–Trinajstić information content (AvgIpc) is 2.88. The Morgan fingerprint density at radius 1 is 1.04 bits per heavy atom. The second kappa shape index (κ2) is 6.87. The van der Waals surface area contributed by atoms with Gasteiger partial charge in [-0.25, -0.2) is 0 Å². The van der Waals surface area contributed by atoms with E-state index in [0.29, 0.717) is 10.5 Å². The largest absolute Gasteiger partial charge is 0.319 e. The molecule has 1 aliphatic heterocycles. The van der Waals surface area contributed by atoms with E-state index >= 15 is 0 Å². The molecule has 3 amide bonds. The number of carbonyl (C=O) groups excluding carboxylic acids is 3. The fraction of sp³-hybridized carbons (Fsp3) is 0.118. The minimum absolute atomic E-state index is 0.0943. The summed E-state index contributed by atoms with van der Waals surface area (Å²) in [6.07, 6.45) is 0. The Labute approximate surface area is 156 Å². The molecule has 0 fully saturated rings. The summed E-state index contributed by atoms with van der Waals surface area (Å²) in [7, 11) is 0. The number of rotatable bonds is 5. The van der Waals surface area contributed by atoms with Crippen LogP contribution in [0.3, 0.4) is 0 Å². The minimum Gasteiger partial charge on any atom is -0.319 e. The first-order chi connectivity index (χ1) is 13.2. The van der Waals surface area contributed by atoms with Gasteiger partial charge in [0.1, 0.15) is 17.8 Å². The second-order valence-corrected chi connectivity index (χ2v) is 5.98. The normalized spacial score (nSPS) is 12.7. The first kappa shape index (κ1) is 18.6. The number of fused-ring (bicyclic) bond motifs is 1. The summed E-state index contributed by atoms with van der Waals surface area (Å²) in [4.78, 5) is 58.4. The Kier molecular flexibility index (Phi) is 4.57. The molecule has 142 valence electrons. The molecular weight excluding hydrogens is 372 g/mol. The summed E-state index contributed by atoms with van der Waals surface area (Å²) >= 11 is 0. The van der Waals surface area contributed by atoms with Gasteiger partial charge in [-0.05, 0) is 24.6 Å². The van der Waals surface area contributed by atoms with E-state index in [-0.39, 0.29) is 22.5 Å². The number of nitrogens with zero attached hydrogens (tertiary/aromatic N) is 3. The molecule has 0 atom stereocenters. The monoisotopic (exact) mass is 384 g/mol. The highest BCUT2D eigenvalue weighted by atomic mass is 16.6. The van der Waals surface area contributed by atoms with E-state index in [9.17, 15) is 34.6 Å². The molecule has 0 unspecified atom stereocenters. The summed E-state index contributed by atoms with van der Waals surface area (Å²) in [6.45, 7) is 0.902. The van der Waals surface area contributed by atoms with E-state index in [4.69, 9.17) is 0 Å². The number of hydrogen-bond acceptors (Lipinski definition) is 7. The smallest absolute Gasteiger partial charge is 0.293 e. The number of anilines is 1. The lowest BCUT2D eigenvalue weighted by atomic mass is 10.1. The van der Waals surface area contributed by atoms with Crippen LogP contribution in [0.1, 0.15) is 26.3 Å². The van der Waals surface area contributed by atoms with E-state index in [1.54, 1.807) is 13.0 Å². The number of imide groups is 1. The molecule has 2 aromatic carbocycles. The average molecular weight is 384 g/mol. The number of benzene rings is 2. The first-order valence-corrected chi connectivity index (χ1v) is 7.89. The van der Waals surface area contributed by atoms with Crippen molar-refractivity contribution in [1.82, 2.24) is 4.90 Å². The van der Waals surface area contributed by atoms with Crippen LogP contribution in [0, 0.1) is 27.2 Å². The highest BCUT2D eigenvalue weighted by Crippen LogP contribution is 2.31. The Bertz CT molecular complexity index is 1060. The molecule has 28 heavy (non-hydrogen) atoms. The van der Waals surface area contributed by atoms with E-state index in [1.807, 2.05) is 0 Å². The van der Waals surface area contributed by atoms with Crippen molar-refractivity contribution < 1.29 is 24.2 Å². The van der Waals surface area contributed by atoms with Crippen LogP contribution in [0.5, 0.6) is 0 Å². The molecule has 0 aromatic heterocycles. The van der Waals surface area contributed by atoms with Crippen molar-refractivity contribution in [1.29, 1.82) is 0 Å². The third-order valence-electron chi connectivity index (χ3n) is 4.10. The van der Waals surface area contributed by atoms with Crippen LogP contribution < -0.4 is 5.32 Å². The quantitative estimate of drug-likeness (QED) is 0.470. The van der Waals surface area contributed by atoms with E-state index < -0.39 is 39.8 Å². The molecule has 2 aromatic rings. The number of carbonyl (C=O) groups is 3. The molecule has 0 aliphatic carbocycles. The van der Waals surface area contributed by atoms with Crippen molar-refractivity contribution in [2.75, 3.05) is 11.9 Å². The number of aryl methyl sites for hydroxylation is 1. The lowest BCUT2D eigenvalue weighted by Crippen LogP contribution is -2.37. The Morgan fingerprint density at radius 3 is 2.36 bits per heavy atom. The maximum Gasteiger partial charge on any atom is 0.293 e. The lowest BCUT2D eigenvalue weighted by Gasteiger charge is -2.13. The zero-order valence-electron chi connectivity index (χ0n) is 14.4. The topological polar surface area (TPSA) is 153 Å². The predicted octanol–water partition coefficient (Wildman–Crippen LogP) is 2.05. The zero-order chi connectivity index (χ0) is 20.6. The molecule has 1 aliphatic rings. The molecule has 0 spiro atoms. The second-order valence-electron chi connectivity index (χ2n) is 5.98. The fourth-order valence-corrected chi connectivity index (χ4v) is 2.84. The number of amides is 3. The molecule has 1 heterocycles. The van der Waals surface area contributed by atoms with Gasteiger partial charge in [0.05, 0.1) is 15.4 Å². The van der Waals surface area contributed by atoms with Crippen molar-refractivity contribution in [2.45, 2.75) is 6.92 Å². The van der Waals surface area contributed by atoms with Gasteiger partial charge in [0, 0.05) is 12.1 Å². The molecule has 1 N–H and O–H groups in total. The molecule has 11 heteroatoms. The predicted molar refractivity (Wildman–Crippen MR) is 94.9 cm³/mol. The minimum atomic E-state index is -0.971. The first-order valence-electron chi connectivity index (χ1n) is 7.89. The van der Waals surface area contributed by atoms with Crippen LogP contribution >= 0.6 is 0 Å². The van der Waals surface area contributed by atoms with Crippen LogP contribution in [-0.2, 0) is 4.79 Å². The molecular formula is C17H12N4O7. The zero-order valence-corrected chi connectivity index (χ0v) is 14.4. The highest BCUT2D eigenvalue weighted by molar-refractivity contribution is 6.24. The molecule has 0 radical (unpaired) electrons. The summed E-state index contributed by atoms with van der Waals surface area (Å²) < 4.78 is 0. The Balaban J connectivity index is 1.84. The molecule has 0 saturated heterocycles. The van der Waals surface area contributed by atoms with Gasteiger partial charge >= 0.3 is 0 Å². The van der Waals surface area contributed by atoms with Crippen molar-refractivity contribution in [3.63, 3.8) is 0 Å². The van der Waals surface area contributed by atoms with Gasteiger partial charge in [-0.2, -0.15) is 0 Å². The molecule has 0 saturated carbocycles. The highest BCUT2D eigenvalue weighted by Gasteiger charge is 2.41. The van der Waals surface area contributed by atoms with Crippen molar-refractivity contribution in [3.8, 4) is 0 Å². The van der Waals surface area contributed by atoms with Gasteiger partial charge in [0.15, 0.2) is 0 Å². The third-order valence-corrected chi connectivity index (χ3v) is 4.10. The Hall–Kier alpha value is -4.15. The molecule has 0 bridgehead atoms. The van der Waals surface area contributed by atoms with E-state index in [2.05, 4.69) is 5.32 Å². The van der Waals surface area contributed by atoms with Gasteiger partial charge in [0.25, 0.3) is 23.2 Å². The summed E-state index contributed by atoms with van der Waals surface area (Å²) in [5.41, 5.74) is -0.917.